The van der Waals surface area contributed by atoms with Crippen molar-refractivity contribution in [2.75, 3.05) is 5.33 Å². The van der Waals surface area contributed by atoms with E-state index in [-0.39, 0.29) is 5.78 Å². The Morgan fingerprint density at radius 1 is 1.42 bits per heavy atom. The van der Waals surface area contributed by atoms with E-state index in [9.17, 15) is 4.79 Å². The number of benzene rings is 1. The smallest absolute Gasteiger partial charge is 0.173 e. The molecule has 64 valence electrons. The number of carbonyl (C=O) groups excluding carboxylic acids is 1. The van der Waals surface area contributed by atoms with Crippen LogP contribution in [0.1, 0.15) is 10.4 Å². The van der Waals surface area contributed by atoms with Crippen molar-refractivity contribution in [2.24, 2.45) is 0 Å². The maximum atomic E-state index is 11.1. The van der Waals surface area contributed by atoms with Crippen LogP contribution < -0.4 is 5.84 Å². The number of carbonyl (C=O) groups is 1. The Kier molecular flexibility index (Phi) is 3.25. The first-order valence-electron chi connectivity index (χ1n) is 3.44. The average Bonchev–Trinajstić information content (AvgIpc) is 2.17. The zero-order valence-corrected chi connectivity index (χ0v) is 8.04. The molecule has 0 aliphatic rings. The highest BCUT2D eigenvalue weighted by atomic mass is 79.9. The minimum Gasteiger partial charge on any atom is -0.492 e. The van der Waals surface area contributed by atoms with Crippen LogP contribution in [-0.2, 0) is 0 Å². The van der Waals surface area contributed by atoms with E-state index >= 15 is 0 Å². The molecule has 0 aliphatic carbocycles. The Hall–Kier alpha value is -0.870. The summed E-state index contributed by atoms with van der Waals surface area (Å²) in [5.41, 5.74) is 5.20. The maximum Gasteiger partial charge on any atom is 0.173 e. The normalized spacial score (nSPS) is 9.50. The van der Waals surface area contributed by atoms with Crippen LogP contribution in [0.2, 0.25) is 0 Å². The van der Waals surface area contributed by atoms with Crippen molar-refractivity contribution in [1.82, 2.24) is 0 Å². The van der Waals surface area contributed by atoms with Gasteiger partial charge >= 0.3 is 0 Å². The molecule has 0 unspecified atom stereocenters. The van der Waals surface area contributed by atoms with Crippen LogP contribution in [0.4, 0.5) is 5.69 Å². The monoisotopic (exact) mass is 228 g/mol. The van der Waals surface area contributed by atoms with Crippen molar-refractivity contribution in [3.05, 3.63) is 35.3 Å². The van der Waals surface area contributed by atoms with Crippen LogP contribution in [-0.4, -0.2) is 11.1 Å². The minimum atomic E-state index is 0.0746. The van der Waals surface area contributed by atoms with E-state index in [2.05, 4.69) is 27.2 Å². The fourth-order valence-corrected chi connectivity index (χ4v) is 1.15. The van der Waals surface area contributed by atoms with E-state index in [1.54, 1.807) is 24.3 Å². The molecule has 0 atom stereocenters. The van der Waals surface area contributed by atoms with Crippen LogP contribution in [0.5, 0.6) is 0 Å². The highest BCUT2D eigenvalue weighted by Gasteiger charge is 2.00. The molecule has 12 heavy (non-hydrogen) atoms. The van der Waals surface area contributed by atoms with Crippen LogP contribution in [0.3, 0.4) is 0 Å². The van der Waals surface area contributed by atoms with Gasteiger partial charge in [-0.1, -0.05) is 45.9 Å². The van der Waals surface area contributed by atoms with Gasteiger partial charge in [-0.3, -0.25) is 4.79 Å². The number of ketones is 1. The minimum absolute atomic E-state index is 0.0746. The number of quaternary nitrogens is 1. The van der Waals surface area contributed by atoms with Crippen molar-refractivity contribution in [3.63, 3.8) is 0 Å². The Morgan fingerprint density at radius 3 is 2.42 bits per heavy atom. The molecule has 0 amide bonds. The molecule has 0 saturated carbocycles. The number of rotatable bonds is 3. The second kappa shape index (κ2) is 4.23. The number of alkyl halides is 1. The number of hydrogen-bond donors (Lipinski definition) is 1. The summed E-state index contributed by atoms with van der Waals surface area (Å²) < 4.78 is 0. The van der Waals surface area contributed by atoms with Gasteiger partial charge in [-0.2, -0.15) is 0 Å². The predicted molar refractivity (Wildman–Crippen MR) is 50.5 cm³/mol. The van der Waals surface area contributed by atoms with Gasteiger partial charge in [-0.05, 0) is 0 Å². The van der Waals surface area contributed by atoms with E-state index in [4.69, 9.17) is 0 Å². The fourth-order valence-electron chi connectivity index (χ4n) is 0.830. The number of nitrogens with zero attached hydrogens (tertiary/aromatic N) is 1. The van der Waals surface area contributed by atoms with Crippen molar-refractivity contribution in [2.45, 2.75) is 0 Å². The molecule has 4 heteroatoms. The molecule has 0 bridgehead atoms. The first kappa shape index (κ1) is 9.22. The lowest BCUT2D eigenvalue weighted by Crippen LogP contribution is -2.40. The first-order valence-corrected chi connectivity index (χ1v) is 4.56. The second-order valence-corrected chi connectivity index (χ2v) is 2.82. The molecule has 1 aromatic carbocycles. The zero-order chi connectivity index (χ0) is 8.97. The van der Waals surface area contributed by atoms with E-state index in [0.717, 1.165) is 5.69 Å². The molecule has 0 spiro atoms. The van der Waals surface area contributed by atoms with E-state index in [1.165, 1.54) is 0 Å². The molecule has 1 rings (SSSR count). The van der Waals surface area contributed by atoms with Crippen LogP contribution in [0, 0.1) is 0 Å². The first-order chi connectivity index (χ1) is 5.77. The third-order valence-corrected chi connectivity index (χ3v) is 2.00. The van der Waals surface area contributed by atoms with Gasteiger partial charge in [-0.25, -0.2) is 0 Å². The quantitative estimate of drug-likeness (QED) is 0.475. The summed E-state index contributed by atoms with van der Waals surface area (Å²) in [5, 5.41) is 0.355. The van der Waals surface area contributed by atoms with E-state index in [1.807, 2.05) is 0 Å². The lowest BCUT2D eigenvalue weighted by Gasteiger charge is -2.08. The van der Waals surface area contributed by atoms with Crippen molar-refractivity contribution < 1.29 is 10.6 Å². The van der Waals surface area contributed by atoms with Crippen molar-refractivity contribution in [3.8, 4) is 0 Å². The van der Waals surface area contributed by atoms with Gasteiger partial charge in [0.1, 0.15) is 0 Å². The Bertz CT molecular complexity index is 271. The maximum absolute atomic E-state index is 11.1. The molecule has 0 heterocycles. The Labute approximate surface area is 79.1 Å². The highest BCUT2D eigenvalue weighted by Crippen LogP contribution is 2.13. The third-order valence-electron chi connectivity index (χ3n) is 1.49. The molecule has 0 aliphatic heterocycles. The molecular weight excluding hydrogens is 220 g/mol. The van der Waals surface area contributed by atoms with Gasteiger partial charge in [0.25, 0.3) is 0 Å². The molecule has 0 fully saturated rings. The van der Waals surface area contributed by atoms with Gasteiger partial charge < -0.3 is 11.3 Å². The summed E-state index contributed by atoms with van der Waals surface area (Å²) >= 11 is 3.10. The standard InChI is InChI=1S/C8H9BrN2O/c9-5-8(12)6-1-3-7(11-10)4-2-6/h1-4H,5H2,10H3. The van der Waals surface area contributed by atoms with Gasteiger partial charge in [0, 0.05) is 5.56 Å². The molecule has 3 nitrogen and oxygen atoms in total. The lowest BCUT2D eigenvalue weighted by molar-refractivity contribution is -0.294. The number of hydrogen-bond acceptors (Lipinski definition) is 1. The second-order valence-electron chi connectivity index (χ2n) is 2.26. The number of Topliss-reactive ketones (excluding diaryl/α,β-unsaturated/α-hetero) is 1. The highest BCUT2D eigenvalue weighted by molar-refractivity contribution is 9.09. The molecule has 0 saturated heterocycles. The summed E-state index contributed by atoms with van der Waals surface area (Å²) in [7, 11) is 0. The topological polar surface area (TPSA) is 58.8 Å². The van der Waals surface area contributed by atoms with E-state index < -0.39 is 0 Å². The Morgan fingerprint density at radius 2 is 2.00 bits per heavy atom. The lowest BCUT2D eigenvalue weighted by atomic mass is 10.1. The summed E-state index contributed by atoms with van der Waals surface area (Å²) in [4.78, 5) is 11.1. The summed E-state index contributed by atoms with van der Waals surface area (Å²) in [6.07, 6.45) is 0. The summed E-state index contributed by atoms with van der Waals surface area (Å²) in [5.74, 6) is 3.46. The van der Waals surface area contributed by atoms with E-state index in [0.29, 0.717) is 10.9 Å². The van der Waals surface area contributed by atoms with Gasteiger partial charge in [0.15, 0.2) is 5.78 Å². The summed E-state index contributed by atoms with van der Waals surface area (Å²) in [6.45, 7) is 0. The SMILES string of the molecule is [NH3+][N-]c1ccc(C(=O)CBr)cc1. The zero-order valence-electron chi connectivity index (χ0n) is 6.46. The molecule has 3 N–H and O–H groups in total. The Balaban J connectivity index is 2.84. The van der Waals surface area contributed by atoms with Crippen LogP contribution >= 0.6 is 15.9 Å². The molecule has 1 aromatic rings. The van der Waals surface area contributed by atoms with Crippen molar-refractivity contribution in [1.29, 1.82) is 0 Å². The third kappa shape index (κ3) is 2.06. The largest absolute Gasteiger partial charge is 0.492 e. The average molecular weight is 229 g/mol. The predicted octanol–water partition coefficient (Wildman–Crippen LogP) is 1.43. The fraction of sp³-hybridized carbons (Fsp3) is 0.125. The van der Waals surface area contributed by atoms with Gasteiger partial charge in [-0.15, -0.1) is 0 Å². The molecule has 0 aromatic heterocycles. The van der Waals surface area contributed by atoms with Crippen molar-refractivity contribution >= 4 is 27.4 Å². The molecular formula is C8H9BrN2O. The van der Waals surface area contributed by atoms with Crippen LogP contribution in [0.15, 0.2) is 24.3 Å². The number of halogens is 1. The van der Waals surface area contributed by atoms with Gasteiger partial charge in [0.05, 0.1) is 5.33 Å². The van der Waals surface area contributed by atoms with Crippen LogP contribution in [0.25, 0.3) is 5.43 Å². The molecule has 0 radical (unpaired) electrons. The summed E-state index contributed by atoms with van der Waals surface area (Å²) in [6, 6.07) is 7.02. The van der Waals surface area contributed by atoms with Gasteiger partial charge in [0.2, 0.25) is 0 Å².